The number of non-ortho nitro benzene ring substituents is 1. The largest absolute Gasteiger partial charge is 0.508 e. The van der Waals surface area contributed by atoms with E-state index < -0.39 is 4.92 Å². The highest BCUT2D eigenvalue weighted by Gasteiger charge is 2.28. The lowest BCUT2D eigenvalue weighted by Gasteiger charge is -2.31. The third-order valence-electron chi connectivity index (χ3n) is 3.24. The number of nitro groups is 1. The summed E-state index contributed by atoms with van der Waals surface area (Å²) in [6.07, 6.45) is 3.21. The van der Waals surface area contributed by atoms with Crippen LogP contribution in [0.5, 0.6) is 5.75 Å². The Morgan fingerprint density at radius 3 is 2.59 bits per heavy atom. The third-order valence-corrected chi connectivity index (χ3v) is 3.24. The van der Waals surface area contributed by atoms with Crippen LogP contribution < -0.4 is 5.73 Å². The molecule has 1 aliphatic carbocycles. The van der Waals surface area contributed by atoms with Gasteiger partial charge in [-0.05, 0) is 24.8 Å². The van der Waals surface area contributed by atoms with Crippen molar-refractivity contribution in [2.45, 2.75) is 25.3 Å². The lowest BCUT2D eigenvalue weighted by atomic mass is 9.77. The summed E-state index contributed by atoms with van der Waals surface area (Å²) in [5.41, 5.74) is 6.45. The van der Waals surface area contributed by atoms with Gasteiger partial charge in [0.1, 0.15) is 5.75 Å². The summed E-state index contributed by atoms with van der Waals surface area (Å²) in [6.45, 7) is 0. The molecule has 0 unspecified atom stereocenters. The van der Waals surface area contributed by atoms with Gasteiger partial charge in [-0.25, -0.2) is 0 Å². The fourth-order valence-corrected chi connectivity index (χ4v) is 1.98. The number of nitro benzene ring substituents is 1. The molecule has 0 amide bonds. The van der Waals surface area contributed by atoms with E-state index in [9.17, 15) is 15.2 Å². The van der Waals surface area contributed by atoms with Crippen LogP contribution in [0.25, 0.3) is 0 Å². The monoisotopic (exact) mass is 258 g/mol. The maximum Gasteiger partial charge on any atom is 0.270 e. The highest BCUT2D eigenvalue weighted by Crippen LogP contribution is 2.39. The van der Waals surface area contributed by atoms with E-state index in [4.69, 9.17) is 5.73 Å². The molecule has 3 N–H and O–H groups in total. The molecular formula is C11H15ClN2O3. The fraction of sp³-hybridized carbons (Fsp3) is 0.455. The molecule has 94 valence electrons. The molecule has 0 aliphatic heterocycles. The highest BCUT2D eigenvalue weighted by atomic mass is 35.5. The van der Waals surface area contributed by atoms with Gasteiger partial charge in [0.2, 0.25) is 0 Å². The van der Waals surface area contributed by atoms with Crippen molar-refractivity contribution in [3.63, 3.8) is 0 Å². The van der Waals surface area contributed by atoms with Crippen molar-refractivity contribution in [2.75, 3.05) is 0 Å². The second-order valence-corrected chi connectivity index (χ2v) is 4.22. The SMILES string of the molecule is Cl.N[C@@H](c1cc([N+](=O)[O-])ccc1O)C1CCC1. The molecule has 1 aliphatic rings. The molecule has 0 aromatic heterocycles. The molecule has 6 heteroatoms. The number of aromatic hydroxyl groups is 1. The minimum Gasteiger partial charge on any atom is -0.508 e. The Balaban J connectivity index is 0.00000144. The second-order valence-electron chi connectivity index (χ2n) is 4.22. The van der Waals surface area contributed by atoms with Gasteiger partial charge in [-0.15, -0.1) is 12.4 Å². The number of phenolic OH excluding ortho intramolecular Hbond substituents is 1. The van der Waals surface area contributed by atoms with E-state index in [0.717, 1.165) is 19.3 Å². The van der Waals surface area contributed by atoms with Crippen LogP contribution in [0.4, 0.5) is 5.69 Å². The number of hydrogen-bond acceptors (Lipinski definition) is 4. The lowest BCUT2D eigenvalue weighted by molar-refractivity contribution is -0.385. The topological polar surface area (TPSA) is 89.4 Å². The quantitative estimate of drug-likeness (QED) is 0.644. The first-order valence-corrected chi connectivity index (χ1v) is 5.32. The number of phenols is 1. The number of nitrogens with two attached hydrogens (primary N) is 1. The summed E-state index contributed by atoms with van der Waals surface area (Å²) in [6, 6.07) is 3.70. The summed E-state index contributed by atoms with van der Waals surface area (Å²) < 4.78 is 0. The Hall–Kier alpha value is -1.33. The molecule has 0 saturated heterocycles. The molecule has 1 saturated carbocycles. The van der Waals surface area contributed by atoms with Crippen molar-refractivity contribution < 1.29 is 10.0 Å². The van der Waals surface area contributed by atoms with Crippen molar-refractivity contribution in [1.29, 1.82) is 0 Å². The Morgan fingerprint density at radius 1 is 1.47 bits per heavy atom. The number of nitrogens with zero attached hydrogens (tertiary/aromatic N) is 1. The van der Waals surface area contributed by atoms with Crippen molar-refractivity contribution in [3.8, 4) is 5.75 Å². The van der Waals surface area contributed by atoms with Crippen molar-refractivity contribution in [1.82, 2.24) is 0 Å². The van der Waals surface area contributed by atoms with Gasteiger partial charge in [-0.2, -0.15) is 0 Å². The zero-order chi connectivity index (χ0) is 11.7. The number of halogens is 1. The predicted octanol–water partition coefficient (Wildman–Crippen LogP) is 2.52. The molecule has 0 spiro atoms. The number of benzene rings is 1. The Kier molecular flexibility index (Phi) is 4.31. The summed E-state index contributed by atoms with van der Waals surface area (Å²) in [4.78, 5) is 10.1. The first-order chi connectivity index (χ1) is 7.59. The average Bonchev–Trinajstić information content (AvgIpc) is 2.15. The van der Waals surface area contributed by atoms with Crippen molar-refractivity contribution in [2.24, 2.45) is 11.7 Å². The van der Waals surface area contributed by atoms with E-state index in [1.165, 1.54) is 18.2 Å². The van der Waals surface area contributed by atoms with Gasteiger partial charge in [0.25, 0.3) is 5.69 Å². The Morgan fingerprint density at radius 2 is 2.12 bits per heavy atom. The molecule has 1 aromatic rings. The Bertz CT molecular complexity index is 421. The van der Waals surface area contributed by atoms with E-state index in [1.54, 1.807) is 0 Å². The van der Waals surface area contributed by atoms with E-state index in [1.807, 2.05) is 0 Å². The lowest BCUT2D eigenvalue weighted by Crippen LogP contribution is -2.26. The number of hydrogen-bond donors (Lipinski definition) is 2. The number of rotatable bonds is 3. The van der Waals surface area contributed by atoms with Crippen molar-refractivity contribution in [3.05, 3.63) is 33.9 Å². The summed E-state index contributed by atoms with van der Waals surface area (Å²) in [5, 5.41) is 20.3. The minimum absolute atomic E-state index is 0. The predicted molar refractivity (Wildman–Crippen MR) is 66.3 cm³/mol. The average molecular weight is 259 g/mol. The third kappa shape index (κ3) is 2.68. The molecule has 5 nitrogen and oxygen atoms in total. The van der Waals surface area contributed by atoms with E-state index in [-0.39, 0.29) is 29.9 Å². The second kappa shape index (κ2) is 5.33. The first kappa shape index (κ1) is 13.7. The summed E-state index contributed by atoms with van der Waals surface area (Å²) in [5.74, 6) is 0.387. The Labute approximate surface area is 105 Å². The van der Waals surface area contributed by atoms with E-state index in [0.29, 0.717) is 11.5 Å². The molecule has 17 heavy (non-hydrogen) atoms. The first-order valence-electron chi connectivity index (χ1n) is 5.32. The zero-order valence-electron chi connectivity index (χ0n) is 9.20. The normalized spacial score (nSPS) is 16.8. The van der Waals surface area contributed by atoms with Crippen LogP contribution in [0.2, 0.25) is 0 Å². The molecule has 1 atom stereocenters. The summed E-state index contributed by atoms with van der Waals surface area (Å²) >= 11 is 0. The van der Waals surface area contributed by atoms with Gasteiger partial charge in [0, 0.05) is 23.7 Å². The molecule has 0 radical (unpaired) electrons. The van der Waals surface area contributed by atoms with Crippen LogP contribution >= 0.6 is 12.4 Å². The van der Waals surface area contributed by atoms with Gasteiger partial charge in [-0.3, -0.25) is 10.1 Å². The molecule has 0 bridgehead atoms. The zero-order valence-corrected chi connectivity index (χ0v) is 10.0. The van der Waals surface area contributed by atoms with Gasteiger partial charge >= 0.3 is 0 Å². The van der Waals surface area contributed by atoms with Crippen molar-refractivity contribution >= 4 is 18.1 Å². The van der Waals surface area contributed by atoms with Crippen LogP contribution in [0, 0.1) is 16.0 Å². The maximum absolute atomic E-state index is 10.6. The van der Waals surface area contributed by atoms with Gasteiger partial charge in [-0.1, -0.05) is 6.42 Å². The molecule has 2 rings (SSSR count). The minimum atomic E-state index is -0.476. The fourth-order valence-electron chi connectivity index (χ4n) is 1.98. The maximum atomic E-state index is 10.6. The van der Waals surface area contributed by atoms with Crippen LogP contribution in [-0.4, -0.2) is 10.0 Å². The van der Waals surface area contributed by atoms with Crippen LogP contribution in [0.15, 0.2) is 18.2 Å². The highest BCUT2D eigenvalue weighted by molar-refractivity contribution is 5.85. The molecular weight excluding hydrogens is 244 g/mol. The summed E-state index contributed by atoms with van der Waals surface area (Å²) in [7, 11) is 0. The smallest absolute Gasteiger partial charge is 0.270 e. The molecule has 1 fully saturated rings. The van der Waals surface area contributed by atoms with Crippen LogP contribution in [0.3, 0.4) is 0 Å². The van der Waals surface area contributed by atoms with Gasteiger partial charge in [0.05, 0.1) is 4.92 Å². The van der Waals surface area contributed by atoms with E-state index in [2.05, 4.69) is 0 Å². The molecule has 1 aromatic carbocycles. The molecule has 0 heterocycles. The van der Waals surface area contributed by atoms with Crippen LogP contribution in [0.1, 0.15) is 30.9 Å². The standard InChI is InChI=1S/C11H14N2O3.ClH/c12-11(7-2-1-3-7)9-6-8(13(15)16)4-5-10(9)14;/h4-7,11,14H,1-3,12H2;1H/t11-;/m1./s1. The van der Waals surface area contributed by atoms with E-state index >= 15 is 0 Å². The van der Waals surface area contributed by atoms with Gasteiger partial charge in [0.15, 0.2) is 0 Å². The van der Waals surface area contributed by atoms with Crippen LogP contribution in [-0.2, 0) is 0 Å². The van der Waals surface area contributed by atoms with Gasteiger partial charge < -0.3 is 10.8 Å².